The highest BCUT2D eigenvalue weighted by molar-refractivity contribution is 5.75. The van der Waals surface area contributed by atoms with Crippen LogP contribution in [-0.4, -0.2) is 39.0 Å². The summed E-state index contributed by atoms with van der Waals surface area (Å²) in [6, 6.07) is 25.6. The summed E-state index contributed by atoms with van der Waals surface area (Å²) in [5.41, 5.74) is 6.12. The summed E-state index contributed by atoms with van der Waals surface area (Å²) in [5.74, 6) is 1.91. The van der Waals surface area contributed by atoms with E-state index in [-0.39, 0.29) is 11.0 Å². The zero-order valence-electron chi connectivity index (χ0n) is 31.3. The van der Waals surface area contributed by atoms with Crippen LogP contribution < -0.4 is 11.0 Å². The Labute approximate surface area is 304 Å². The molecule has 0 fully saturated rings. The van der Waals surface area contributed by atoms with Crippen molar-refractivity contribution in [2.75, 3.05) is 0 Å². The van der Waals surface area contributed by atoms with Gasteiger partial charge in [0.25, 0.3) is 0 Å². The molecule has 12 nitrogen and oxygen atoms in total. The fourth-order valence-electron chi connectivity index (χ4n) is 4.82. The third-order valence-corrected chi connectivity index (χ3v) is 6.98. The topological polar surface area (TPSA) is 167 Å². The molecule has 0 unspecified atom stereocenters. The number of aromatic nitrogens is 8. The molecule has 0 radical (unpaired) electrons. The molecule has 8 rings (SSSR count). The average Bonchev–Trinajstić information content (AvgIpc) is 4.06. The number of nitrogens with zero attached hydrogens (tertiary/aromatic N) is 6. The van der Waals surface area contributed by atoms with Gasteiger partial charge in [0.2, 0.25) is 0 Å². The van der Waals surface area contributed by atoms with Crippen molar-refractivity contribution in [1.82, 2.24) is 39.0 Å². The number of aromatic amines is 2. The monoisotopic (exact) mass is 702 g/mol. The van der Waals surface area contributed by atoms with Crippen LogP contribution in [0.2, 0.25) is 0 Å². The molecule has 8 aromatic rings. The Morgan fingerprint density at radius 1 is 0.577 bits per heavy atom. The third-order valence-electron chi connectivity index (χ3n) is 6.98. The van der Waals surface area contributed by atoms with Gasteiger partial charge in [-0.25, -0.2) is 19.9 Å². The Kier molecular flexibility index (Phi) is 16.2. The van der Waals surface area contributed by atoms with E-state index in [0.717, 1.165) is 16.7 Å². The van der Waals surface area contributed by atoms with Crippen LogP contribution >= 0.6 is 0 Å². The highest BCUT2D eigenvalue weighted by atomic mass is 16.3. The maximum atomic E-state index is 7.96. The smallest absolute Gasteiger partial charge is 0.176 e. The van der Waals surface area contributed by atoms with Gasteiger partial charge in [-0.3, -0.25) is 10.8 Å². The Bertz CT molecular complexity index is 2100. The van der Waals surface area contributed by atoms with Gasteiger partial charge in [-0.05, 0) is 29.3 Å². The van der Waals surface area contributed by atoms with Crippen LogP contribution in [0.4, 0.5) is 0 Å². The molecule has 12 heteroatoms. The lowest BCUT2D eigenvalue weighted by Gasteiger charge is -2.06. The molecular weight excluding hydrogens is 653 g/mol. The first-order chi connectivity index (χ1) is 25.6. The lowest BCUT2D eigenvalue weighted by molar-refractivity contribution is 0.568. The number of nitrogens with one attached hydrogen (secondary N) is 4. The van der Waals surface area contributed by atoms with Crippen molar-refractivity contribution in [1.29, 1.82) is 10.8 Å². The van der Waals surface area contributed by atoms with Gasteiger partial charge >= 0.3 is 0 Å². The second-order valence-corrected chi connectivity index (χ2v) is 9.97. The fraction of sp³-hybridized carbons (Fsp3) is 0.250. The number of imidazole rings is 2. The number of rotatable bonds is 6. The Morgan fingerprint density at radius 3 is 1.50 bits per heavy atom. The molecule has 0 saturated heterocycles. The molecule has 0 aliphatic carbocycles. The molecule has 0 atom stereocenters. The van der Waals surface area contributed by atoms with Crippen molar-refractivity contribution in [3.8, 4) is 23.0 Å². The van der Waals surface area contributed by atoms with E-state index >= 15 is 0 Å². The summed E-state index contributed by atoms with van der Waals surface area (Å²) >= 11 is 0. The third kappa shape index (κ3) is 9.90. The van der Waals surface area contributed by atoms with E-state index in [1.165, 1.54) is 0 Å². The van der Waals surface area contributed by atoms with Crippen LogP contribution in [0.25, 0.3) is 45.3 Å². The molecule has 6 heterocycles. The minimum atomic E-state index is 0.171. The number of fused-ring (bicyclic) bond motifs is 2. The molecule has 0 aliphatic heterocycles. The quantitative estimate of drug-likeness (QED) is 0.135. The van der Waals surface area contributed by atoms with Crippen LogP contribution in [0.1, 0.15) is 66.5 Å². The van der Waals surface area contributed by atoms with E-state index in [0.29, 0.717) is 52.8 Å². The minimum Gasteiger partial charge on any atom is -0.472 e. The van der Waals surface area contributed by atoms with E-state index in [2.05, 4.69) is 42.0 Å². The molecule has 0 amide bonds. The Morgan fingerprint density at radius 2 is 1.06 bits per heavy atom. The zero-order chi connectivity index (χ0) is 37.9. The van der Waals surface area contributed by atoms with Crippen LogP contribution in [-0.2, 0) is 13.1 Å². The Balaban J connectivity index is 0.000000236. The van der Waals surface area contributed by atoms with E-state index in [9.17, 15) is 0 Å². The number of hydrogen-bond acceptors (Lipinski definition) is 8. The first-order valence-corrected chi connectivity index (χ1v) is 17.8. The van der Waals surface area contributed by atoms with Crippen molar-refractivity contribution in [3.63, 3.8) is 0 Å². The molecule has 0 spiro atoms. The van der Waals surface area contributed by atoms with E-state index in [1.54, 1.807) is 37.5 Å². The maximum Gasteiger partial charge on any atom is 0.176 e. The second kappa shape index (κ2) is 21.0. The van der Waals surface area contributed by atoms with Gasteiger partial charge in [-0.15, -0.1) is 0 Å². The van der Waals surface area contributed by atoms with Crippen LogP contribution in [0.3, 0.4) is 0 Å². The molecule has 0 aliphatic rings. The van der Waals surface area contributed by atoms with Crippen molar-refractivity contribution >= 4 is 22.3 Å². The number of H-pyrrole nitrogens is 2. The first kappa shape index (κ1) is 40.1. The normalized spacial score (nSPS) is 9.85. The lowest BCUT2D eigenvalue weighted by atomic mass is 10.2. The minimum absolute atomic E-state index is 0.171. The first-order valence-electron chi connectivity index (χ1n) is 17.8. The zero-order valence-corrected chi connectivity index (χ0v) is 31.3. The molecule has 4 N–H and O–H groups in total. The van der Waals surface area contributed by atoms with Crippen molar-refractivity contribution in [2.24, 2.45) is 0 Å². The predicted molar refractivity (Wildman–Crippen MR) is 207 cm³/mol. The summed E-state index contributed by atoms with van der Waals surface area (Å²) in [7, 11) is 0. The summed E-state index contributed by atoms with van der Waals surface area (Å²) in [6.45, 7) is 17.3. The van der Waals surface area contributed by atoms with Gasteiger partial charge in [0.15, 0.2) is 33.9 Å². The van der Waals surface area contributed by atoms with E-state index < -0.39 is 0 Å². The molecule has 2 aromatic carbocycles. The van der Waals surface area contributed by atoms with Gasteiger partial charge in [0.1, 0.15) is 23.1 Å². The lowest BCUT2D eigenvalue weighted by Crippen LogP contribution is -2.13. The second-order valence-electron chi connectivity index (χ2n) is 9.97. The van der Waals surface area contributed by atoms with E-state index in [4.69, 9.17) is 19.7 Å². The fourth-order valence-corrected chi connectivity index (χ4v) is 4.82. The van der Waals surface area contributed by atoms with Gasteiger partial charge in [0.05, 0.1) is 43.8 Å². The Hall–Kier alpha value is -6.30. The molecular formula is C40H50N10O2. The van der Waals surface area contributed by atoms with E-state index in [1.807, 2.05) is 125 Å². The highest BCUT2D eigenvalue weighted by Crippen LogP contribution is 2.20. The molecule has 272 valence electrons. The number of furan rings is 2. The van der Waals surface area contributed by atoms with Crippen LogP contribution in [0, 0.1) is 10.8 Å². The van der Waals surface area contributed by atoms with Crippen molar-refractivity contribution in [3.05, 3.63) is 132 Å². The van der Waals surface area contributed by atoms with Gasteiger partial charge < -0.3 is 27.9 Å². The summed E-state index contributed by atoms with van der Waals surface area (Å²) in [6.07, 6.45) is 8.11. The van der Waals surface area contributed by atoms with Crippen LogP contribution in [0.15, 0.2) is 119 Å². The predicted octanol–water partition coefficient (Wildman–Crippen LogP) is 9.20. The average molecular weight is 703 g/mol. The molecule has 6 aromatic heterocycles. The number of hydrogen-bond donors (Lipinski definition) is 4. The SMILES string of the molecule is CC.CC.CC.CC.N=c1ncn(Cc2ccccc2)c2nc(-c3ccco3)[nH]c12.N=c1ncn(Cc2ccccc2)c2nc(-c3ccoc3)[nH]c12. The molecule has 0 bridgehead atoms. The maximum absolute atomic E-state index is 7.96. The molecule has 52 heavy (non-hydrogen) atoms. The molecule has 0 saturated carbocycles. The summed E-state index contributed by atoms with van der Waals surface area (Å²) < 4.78 is 14.3. The number of benzene rings is 2. The van der Waals surface area contributed by atoms with Crippen LogP contribution in [0.5, 0.6) is 0 Å². The van der Waals surface area contributed by atoms with Gasteiger partial charge in [0, 0.05) is 0 Å². The largest absolute Gasteiger partial charge is 0.472 e. The standard InChI is InChI=1S/2C16H13N5O.4C2H6/c17-14-13-16(20-15(19-13)12-7-4-8-22-12)21(10-18-14)9-11-5-2-1-3-6-11;17-14-13-16(20-15(19-13)12-6-7-22-9-12)21(10-18-14)8-11-4-2-1-3-5-11;4*1-2/h1-8,10,17H,9H2,(H,19,20);1-7,9-10,17H,8H2,(H,19,20);4*1-2H3. The highest BCUT2D eigenvalue weighted by Gasteiger charge is 2.13. The van der Waals surface area contributed by atoms with Gasteiger partial charge in [-0.2, -0.15) is 0 Å². The van der Waals surface area contributed by atoms with Crippen molar-refractivity contribution < 1.29 is 8.83 Å². The van der Waals surface area contributed by atoms with Gasteiger partial charge in [-0.1, -0.05) is 116 Å². The summed E-state index contributed by atoms with van der Waals surface area (Å²) in [4.78, 5) is 23.7. The van der Waals surface area contributed by atoms with Crippen molar-refractivity contribution in [2.45, 2.75) is 68.5 Å². The summed E-state index contributed by atoms with van der Waals surface area (Å²) in [5, 5.41) is 15.9.